The third-order valence-electron chi connectivity index (χ3n) is 3.94. The van der Waals surface area contributed by atoms with Gasteiger partial charge < -0.3 is 10.2 Å². The van der Waals surface area contributed by atoms with Crippen molar-refractivity contribution in [1.29, 1.82) is 0 Å². The van der Waals surface area contributed by atoms with Crippen molar-refractivity contribution in [3.8, 4) is 0 Å². The first-order valence-electron chi connectivity index (χ1n) is 7.91. The van der Waals surface area contributed by atoms with Crippen LogP contribution in [0.15, 0.2) is 54.6 Å². The fraction of sp³-hybridized carbons (Fsp3) is 0.211. The summed E-state index contributed by atoms with van der Waals surface area (Å²) in [6.45, 7) is 3.80. The van der Waals surface area contributed by atoms with Gasteiger partial charge in [0.1, 0.15) is 0 Å². The summed E-state index contributed by atoms with van der Waals surface area (Å²) in [5.74, 6) is -1.82. The second kappa shape index (κ2) is 8.26. The smallest absolute Gasteiger partial charge is 0.276 e. The lowest BCUT2D eigenvalue weighted by Crippen LogP contribution is -2.55. The summed E-state index contributed by atoms with van der Waals surface area (Å²) in [4.78, 5) is 42.4. The molecule has 1 aromatic carbocycles. The average molecular weight is 355 g/mol. The number of hydrogen-bond acceptors (Lipinski definition) is 4. The molecule has 0 aliphatic heterocycles. The van der Waals surface area contributed by atoms with Crippen molar-refractivity contribution < 1.29 is 19.2 Å². The van der Waals surface area contributed by atoms with E-state index >= 15 is 0 Å². The average Bonchev–Trinajstić information content (AvgIpc) is 3.47. The van der Waals surface area contributed by atoms with Gasteiger partial charge in [-0.3, -0.25) is 19.2 Å². The molecule has 7 nitrogen and oxygen atoms in total. The minimum Gasteiger partial charge on any atom is -0.357 e. The van der Waals surface area contributed by atoms with Crippen LogP contribution in [-0.2, 0) is 14.4 Å². The van der Waals surface area contributed by atoms with Crippen molar-refractivity contribution >= 4 is 23.3 Å². The molecule has 0 aromatic heterocycles. The summed E-state index contributed by atoms with van der Waals surface area (Å²) in [5, 5.41) is 2.37. The second-order valence-electron chi connectivity index (χ2n) is 5.59. The molecule has 0 heterocycles. The molecule has 7 heteroatoms. The van der Waals surface area contributed by atoms with Crippen LogP contribution in [0.5, 0.6) is 0 Å². The number of nitrogens with one attached hydrogen (secondary N) is 2. The zero-order valence-electron chi connectivity index (χ0n) is 14.9. The Morgan fingerprint density at radius 2 is 1.69 bits per heavy atom. The Labute approximate surface area is 152 Å². The summed E-state index contributed by atoms with van der Waals surface area (Å²) in [6, 6.07) is 5.55. The molecular weight excluding hydrogens is 334 g/mol. The number of benzene rings is 1. The standard InChI is InChI=1S/C19H21N3O4/c1-5-15(12-6-7-12)13-8-10-14(11-9-13)19(25)22(3)16(17(23)20-2)18(24)21-26-4/h5-11,16H,1H2,2-4H3,(H,20,23)(H,21,24)/t16-/m0/s1. The second-order valence-corrected chi connectivity index (χ2v) is 5.59. The summed E-state index contributed by atoms with van der Waals surface area (Å²) in [6.07, 6.45) is 5.72. The number of hydroxylamine groups is 1. The Morgan fingerprint density at radius 1 is 1.12 bits per heavy atom. The van der Waals surface area contributed by atoms with Crippen LogP contribution < -0.4 is 10.8 Å². The Kier molecular flexibility index (Phi) is 6.08. The lowest BCUT2D eigenvalue weighted by molar-refractivity contribution is -0.142. The molecule has 26 heavy (non-hydrogen) atoms. The number of amides is 3. The number of rotatable bonds is 7. The van der Waals surface area contributed by atoms with Crippen LogP contribution in [0, 0.1) is 0 Å². The van der Waals surface area contributed by atoms with Crippen LogP contribution in [0.1, 0.15) is 15.9 Å². The monoisotopic (exact) mass is 355 g/mol. The summed E-state index contributed by atoms with van der Waals surface area (Å²) in [7, 11) is 4.02. The van der Waals surface area contributed by atoms with Gasteiger partial charge in [-0.2, -0.15) is 0 Å². The lowest BCUT2D eigenvalue weighted by Gasteiger charge is -2.25. The summed E-state index contributed by atoms with van der Waals surface area (Å²) >= 11 is 0. The van der Waals surface area contributed by atoms with E-state index in [0.717, 1.165) is 21.6 Å². The van der Waals surface area contributed by atoms with Gasteiger partial charge in [-0.25, -0.2) is 5.48 Å². The molecule has 0 saturated heterocycles. The van der Waals surface area contributed by atoms with Gasteiger partial charge in [0.15, 0.2) is 6.04 Å². The molecule has 0 bridgehead atoms. The highest BCUT2D eigenvalue weighted by Gasteiger charge is 2.33. The third kappa shape index (κ3) is 4.07. The highest BCUT2D eigenvalue weighted by Crippen LogP contribution is 2.28. The first kappa shape index (κ1) is 19.1. The molecule has 3 amide bonds. The Hall–Kier alpha value is -3.19. The first-order chi connectivity index (χ1) is 12.4. The van der Waals surface area contributed by atoms with Gasteiger partial charge in [0.05, 0.1) is 7.11 Å². The minimum absolute atomic E-state index is 0.354. The topological polar surface area (TPSA) is 87.7 Å². The molecule has 2 rings (SSSR count). The molecule has 1 atom stereocenters. The van der Waals surface area contributed by atoms with Crippen LogP contribution in [0.25, 0.3) is 5.57 Å². The van der Waals surface area contributed by atoms with E-state index in [2.05, 4.69) is 22.2 Å². The van der Waals surface area contributed by atoms with Crippen LogP contribution >= 0.6 is 0 Å². The van der Waals surface area contributed by atoms with Crippen LogP contribution in [0.3, 0.4) is 0 Å². The molecule has 1 aromatic rings. The molecule has 1 aliphatic rings. The van der Waals surface area contributed by atoms with Gasteiger partial charge in [0.25, 0.3) is 17.7 Å². The largest absolute Gasteiger partial charge is 0.357 e. The van der Waals surface area contributed by atoms with Crippen molar-refractivity contribution in [2.45, 2.75) is 6.04 Å². The van der Waals surface area contributed by atoms with E-state index in [1.54, 1.807) is 30.3 Å². The van der Waals surface area contributed by atoms with Gasteiger partial charge in [0, 0.05) is 19.7 Å². The fourth-order valence-electron chi connectivity index (χ4n) is 2.50. The van der Waals surface area contributed by atoms with Crippen LogP contribution in [0.4, 0.5) is 0 Å². The molecule has 0 fully saturated rings. The van der Waals surface area contributed by atoms with Crippen molar-refractivity contribution in [2.24, 2.45) is 0 Å². The fourth-order valence-corrected chi connectivity index (χ4v) is 2.50. The number of carbonyl (C=O) groups is 3. The van der Waals surface area contributed by atoms with Gasteiger partial charge in [-0.05, 0) is 28.8 Å². The van der Waals surface area contributed by atoms with E-state index < -0.39 is 23.8 Å². The van der Waals surface area contributed by atoms with E-state index in [-0.39, 0.29) is 0 Å². The highest BCUT2D eigenvalue weighted by atomic mass is 16.6. The van der Waals surface area contributed by atoms with Crippen molar-refractivity contribution in [1.82, 2.24) is 15.7 Å². The first-order valence-corrected chi connectivity index (χ1v) is 7.91. The maximum absolute atomic E-state index is 12.7. The molecule has 1 aliphatic carbocycles. The van der Waals surface area contributed by atoms with E-state index in [1.165, 1.54) is 21.2 Å². The van der Waals surface area contributed by atoms with Gasteiger partial charge in [-0.15, -0.1) is 0 Å². The minimum atomic E-state index is -1.35. The number of hydrogen-bond donors (Lipinski definition) is 2. The maximum atomic E-state index is 12.7. The normalized spacial score (nSPS) is 12.8. The third-order valence-corrected chi connectivity index (χ3v) is 3.94. The molecular formula is C19H21N3O4. The molecule has 136 valence electrons. The summed E-state index contributed by atoms with van der Waals surface area (Å²) < 4.78 is 0. The molecule has 0 saturated carbocycles. The zero-order chi connectivity index (χ0) is 19.3. The van der Waals surface area contributed by atoms with Gasteiger partial charge in [-0.1, -0.05) is 36.9 Å². The number of allylic oxidation sites excluding steroid dienone is 5. The zero-order valence-corrected chi connectivity index (χ0v) is 14.9. The van der Waals surface area contributed by atoms with E-state index in [4.69, 9.17) is 0 Å². The Balaban J connectivity index is 2.23. The van der Waals surface area contributed by atoms with Crippen LogP contribution in [-0.4, -0.2) is 49.9 Å². The predicted molar refractivity (Wildman–Crippen MR) is 97.8 cm³/mol. The molecule has 0 spiro atoms. The van der Waals surface area contributed by atoms with E-state index in [0.29, 0.717) is 5.56 Å². The number of likely N-dealkylation sites (N-methyl/N-ethyl adjacent to an activating group) is 2. The lowest BCUT2D eigenvalue weighted by atomic mass is 10.0. The number of carbonyl (C=O) groups excluding carboxylic acids is 3. The van der Waals surface area contributed by atoms with Crippen molar-refractivity contribution in [3.05, 3.63) is 65.8 Å². The predicted octanol–water partition coefficient (Wildman–Crippen LogP) is 1.06. The highest BCUT2D eigenvalue weighted by molar-refractivity contribution is 6.08. The summed E-state index contributed by atoms with van der Waals surface area (Å²) in [5.41, 5.74) is 5.46. The number of nitrogens with zero attached hydrogens (tertiary/aromatic N) is 1. The van der Waals surface area contributed by atoms with Crippen molar-refractivity contribution in [3.63, 3.8) is 0 Å². The Bertz CT molecular complexity index is 786. The van der Waals surface area contributed by atoms with E-state index in [9.17, 15) is 14.4 Å². The van der Waals surface area contributed by atoms with Crippen molar-refractivity contribution in [2.75, 3.05) is 21.2 Å². The SMILES string of the molecule is C=CC(=C1C=C1)c1ccc(C(=O)N(C)[C@@H](C(=O)NC)C(=O)NOC)cc1. The van der Waals surface area contributed by atoms with Gasteiger partial charge in [0.2, 0.25) is 0 Å². The van der Waals surface area contributed by atoms with E-state index in [1.807, 2.05) is 12.2 Å². The Morgan fingerprint density at radius 3 is 2.15 bits per heavy atom. The quantitative estimate of drug-likeness (QED) is 0.566. The maximum Gasteiger partial charge on any atom is 0.276 e. The molecule has 0 radical (unpaired) electrons. The molecule has 0 unspecified atom stereocenters. The van der Waals surface area contributed by atoms with Gasteiger partial charge >= 0.3 is 0 Å². The van der Waals surface area contributed by atoms with Crippen LogP contribution in [0.2, 0.25) is 0 Å². The molecule has 2 N–H and O–H groups in total.